The summed E-state index contributed by atoms with van der Waals surface area (Å²) in [5, 5.41) is 6.19. The highest BCUT2D eigenvalue weighted by Gasteiger charge is 2.10. The van der Waals surface area contributed by atoms with Crippen LogP contribution in [0, 0.1) is 0 Å². The molecule has 4 nitrogen and oxygen atoms in total. The number of aryl methyl sites for hydroxylation is 1. The molecule has 17 heavy (non-hydrogen) atoms. The van der Waals surface area contributed by atoms with Crippen molar-refractivity contribution in [1.82, 2.24) is 9.78 Å². The minimum absolute atomic E-state index is 0.356. The average Bonchev–Trinajstić information content (AvgIpc) is 2.69. The van der Waals surface area contributed by atoms with E-state index in [1.54, 1.807) is 7.05 Å². The van der Waals surface area contributed by atoms with Crippen molar-refractivity contribution >= 4 is 10.8 Å². The summed E-state index contributed by atoms with van der Waals surface area (Å²) < 4.78 is 6.30. The zero-order valence-electron chi connectivity index (χ0n) is 9.25. The number of benzene rings is 2. The molecule has 0 atom stereocenters. The van der Waals surface area contributed by atoms with Crippen LogP contribution in [0.5, 0.6) is 0 Å². The van der Waals surface area contributed by atoms with E-state index < -0.39 is 5.76 Å². The molecule has 3 aromatic rings. The van der Waals surface area contributed by atoms with Gasteiger partial charge in [0.15, 0.2) is 0 Å². The van der Waals surface area contributed by atoms with E-state index in [1.807, 2.05) is 42.5 Å². The molecule has 0 amide bonds. The van der Waals surface area contributed by atoms with E-state index in [0.29, 0.717) is 5.89 Å². The summed E-state index contributed by atoms with van der Waals surface area (Å²) >= 11 is 0. The van der Waals surface area contributed by atoms with Gasteiger partial charge in [0.1, 0.15) is 0 Å². The Hall–Kier alpha value is -2.36. The zero-order chi connectivity index (χ0) is 11.8. The molecule has 0 saturated carbocycles. The lowest BCUT2D eigenvalue weighted by molar-refractivity contribution is 0.505. The van der Waals surface area contributed by atoms with Crippen molar-refractivity contribution in [3.05, 3.63) is 53.0 Å². The summed E-state index contributed by atoms with van der Waals surface area (Å²) in [4.78, 5) is 11.3. The Morgan fingerprint density at radius 3 is 2.65 bits per heavy atom. The van der Waals surface area contributed by atoms with Crippen LogP contribution in [-0.4, -0.2) is 9.78 Å². The predicted molar refractivity (Wildman–Crippen MR) is 64.7 cm³/mol. The van der Waals surface area contributed by atoms with E-state index in [2.05, 4.69) is 5.10 Å². The van der Waals surface area contributed by atoms with Crippen molar-refractivity contribution in [3.8, 4) is 11.5 Å². The van der Waals surface area contributed by atoms with E-state index in [4.69, 9.17) is 4.42 Å². The molecule has 0 fully saturated rings. The van der Waals surface area contributed by atoms with E-state index in [9.17, 15) is 4.79 Å². The van der Waals surface area contributed by atoms with Gasteiger partial charge in [0.25, 0.3) is 0 Å². The van der Waals surface area contributed by atoms with Crippen LogP contribution in [0.3, 0.4) is 0 Å². The number of hydrogen-bond acceptors (Lipinski definition) is 3. The third-order valence-corrected chi connectivity index (χ3v) is 2.71. The highest BCUT2D eigenvalue weighted by Crippen LogP contribution is 2.26. The van der Waals surface area contributed by atoms with Gasteiger partial charge < -0.3 is 4.42 Å². The van der Waals surface area contributed by atoms with Crippen LogP contribution in [0.1, 0.15) is 0 Å². The molecule has 0 bridgehead atoms. The van der Waals surface area contributed by atoms with Crippen molar-refractivity contribution < 1.29 is 4.42 Å². The SMILES string of the molecule is Cn1nc(-c2cccc3ccccc23)oc1=O. The fourth-order valence-corrected chi connectivity index (χ4v) is 1.87. The summed E-state index contributed by atoms with van der Waals surface area (Å²) in [5.74, 6) is -0.0952. The first-order valence-corrected chi connectivity index (χ1v) is 5.28. The maximum absolute atomic E-state index is 11.3. The average molecular weight is 226 g/mol. The maximum atomic E-state index is 11.3. The Labute approximate surface area is 97.1 Å². The molecular weight excluding hydrogens is 216 g/mol. The molecule has 0 aliphatic heterocycles. The maximum Gasteiger partial charge on any atom is 0.437 e. The molecular formula is C13H10N2O2. The number of hydrogen-bond donors (Lipinski definition) is 0. The highest BCUT2D eigenvalue weighted by atomic mass is 16.4. The van der Waals surface area contributed by atoms with E-state index >= 15 is 0 Å². The third-order valence-electron chi connectivity index (χ3n) is 2.71. The smallest absolute Gasteiger partial charge is 0.388 e. The minimum atomic E-state index is -0.451. The van der Waals surface area contributed by atoms with Crippen LogP contribution in [0.4, 0.5) is 0 Å². The van der Waals surface area contributed by atoms with Crippen molar-refractivity contribution in [2.24, 2.45) is 7.05 Å². The number of fused-ring (bicyclic) bond motifs is 1. The molecule has 0 aliphatic carbocycles. The predicted octanol–water partition coefficient (Wildman–Crippen LogP) is 2.19. The van der Waals surface area contributed by atoms with Crippen LogP contribution < -0.4 is 5.76 Å². The Morgan fingerprint density at radius 1 is 1.12 bits per heavy atom. The minimum Gasteiger partial charge on any atom is -0.388 e. The largest absolute Gasteiger partial charge is 0.437 e. The van der Waals surface area contributed by atoms with Crippen LogP contribution in [0.25, 0.3) is 22.2 Å². The molecule has 1 aromatic heterocycles. The topological polar surface area (TPSA) is 48.0 Å². The molecule has 84 valence electrons. The molecule has 0 spiro atoms. The molecule has 0 N–H and O–H groups in total. The number of rotatable bonds is 1. The Bertz CT molecular complexity index is 735. The highest BCUT2D eigenvalue weighted by molar-refractivity contribution is 5.94. The Morgan fingerprint density at radius 2 is 1.88 bits per heavy atom. The summed E-state index contributed by atoms with van der Waals surface area (Å²) in [6, 6.07) is 13.8. The van der Waals surface area contributed by atoms with Gasteiger partial charge in [0, 0.05) is 12.6 Å². The first-order valence-electron chi connectivity index (χ1n) is 5.28. The van der Waals surface area contributed by atoms with Gasteiger partial charge in [-0.25, -0.2) is 4.79 Å². The first-order chi connectivity index (χ1) is 8.25. The normalized spacial score (nSPS) is 10.9. The van der Waals surface area contributed by atoms with Gasteiger partial charge in [0.05, 0.1) is 0 Å². The molecule has 1 heterocycles. The molecule has 2 aromatic carbocycles. The second kappa shape index (κ2) is 3.59. The van der Waals surface area contributed by atoms with Gasteiger partial charge in [-0.15, -0.1) is 5.10 Å². The van der Waals surface area contributed by atoms with Crippen molar-refractivity contribution in [2.75, 3.05) is 0 Å². The number of aromatic nitrogens is 2. The monoisotopic (exact) mass is 226 g/mol. The lowest BCUT2D eigenvalue weighted by Gasteiger charge is -2.01. The summed E-state index contributed by atoms with van der Waals surface area (Å²) in [7, 11) is 1.57. The van der Waals surface area contributed by atoms with Crippen LogP contribution in [0.15, 0.2) is 51.7 Å². The van der Waals surface area contributed by atoms with Gasteiger partial charge in [-0.1, -0.05) is 36.4 Å². The number of nitrogens with zero attached hydrogens (tertiary/aromatic N) is 2. The molecule has 0 aliphatic rings. The molecule has 3 rings (SSSR count). The fraction of sp³-hybridized carbons (Fsp3) is 0.0769. The zero-order valence-corrected chi connectivity index (χ0v) is 9.25. The van der Waals surface area contributed by atoms with Gasteiger partial charge in [0.2, 0.25) is 5.89 Å². The van der Waals surface area contributed by atoms with Gasteiger partial charge in [-0.3, -0.25) is 0 Å². The molecule has 0 unspecified atom stereocenters. The van der Waals surface area contributed by atoms with E-state index in [0.717, 1.165) is 16.3 Å². The summed E-state index contributed by atoms with van der Waals surface area (Å²) in [5.41, 5.74) is 0.834. The molecule has 0 saturated heterocycles. The van der Waals surface area contributed by atoms with Crippen molar-refractivity contribution in [3.63, 3.8) is 0 Å². The lowest BCUT2D eigenvalue weighted by Crippen LogP contribution is -2.09. The molecule has 0 radical (unpaired) electrons. The van der Waals surface area contributed by atoms with Crippen LogP contribution in [0.2, 0.25) is 0 Å². The second-order valence-corrected chi connectivity index (χ2v) is 3.82. The van der Waals surface area contributed by atoms with Crippen LogP contribution >= 0.6 is 0 Å². The fourth-order valence-electron chi connectivity index (χ4n) is 1.87. The van der Waals surface area contributed by atoms with Crippen molar-refractivity contribution in [2.45, 2.75) is 0 Å². The molecule has 4 heteroatoms. The Kier molecular flexibility index (Phi) is 2.08. The van der Waals surface area contributed by atoms with Crippen molar-refractivity contribution in [1.29, 1.82) is 0 Å². The van der Waals surface area contributed by atoms with Gasteiger partial charge in [-0.2, -0.15) is 4.68 Å². The standard InChI is InChI=1S/C13H10N2O2/c1-15-13(16)17-12(14-15)11-8-4-6-9-5-2-3-7-10(9)11/h2-8H,1H3. The lowest BCUT2D eigenvalue weighted by atomic mass is 10.0. The summed E-state index contributed by atoms with van der Waals surface area (Å²) in [6.07, 6.45) is 0. The summed E-state index contributed by atoms with van der Waals surface area (Å²) in [6.45, 7) is 0. The first kappa shape index (κ1) is 9.84. The van der Waals surface area contributed by atoms with Gasteiger partial charge in [-0.05, 0) is 16.8 Å². The van der Waals surface area contributed by atoms with E-state index in [-0.39, 0.29) is 0 Å². The van der Waals surface area contributed by atoms with Gasteiger partial charge >= 0.3 is 5.76 Å². The quantitative estimate of drug-likeness (QED) is 0.639. The third kappa shape index (κ3) is 1.54. The van der Waals surface area contributed by atoms with Crippen LogP contribution in [-0.2, 0) is 7.05 Å². The second-order valence-electron chi connectivity index (χ2n) is 3.82. The van der Waals surface area contributed by atoms with E-state index in [1.165, 1.54) is 4.68 Å². The Balaban J connectivity index is 2.34.